The Morgan fingerprint density at radius 2 is 2.11 bits per heavy atom. The lowest BCUT2D eigenvalue weighted by atomic mass is 10.2. The fourth-order valence-electron chi connectivity index (χ4n) is 1.69. The molecule has 6 heteroatoms. The summed E-state index contributed by atoms with van der Waals surface area (Å²) in [7, 11) is 0. The van der Waals surface area contributed by atoms with Gasteiger partial charge in [0.15, 0.2) is 0 Å². The highest BCUT2D eigenvalue weighted by Gasteiger charge is 2.11. The Labute approximate surface area is 111 Å². The summed E-state index contributed by atoms with van der Waals surface area (Å²) < 4.78 is 13.2. The van der Waals surface area contributed by atoms with Crippen LogP contribution in [0.25, 0.3) is 0 Å². The number of anilines is 1. The first kappa shape index (κ1) is 14.9. The van der Waals surface area contributed by atoms with Crippen LogP contribution in [-0.2, 0) is 0 Å². The summed E-state index contributed by atoms with van der Waals surface area (Å²) >= 11 is 0. The lowest BCUT2D eigenvalue weighted by molar-refractivity contribution is 0.0996. The van der Waals surface area contributed by atoms with Crippen LogP contribution < -0.4 is 16.4 Å². The summed E-state index contributed by atoms with van der Waals surface area (Å²) in [6, 6.07) is 3.31. The molecule has 5 nitrogen and oxygen atoms in total. The first-order valence-electron chi connectivity index (χ1n) is 6.11. The number of carbonyl (C=O) groups is 2. The van der Waals surface area contributed by atoms with E-state index in [2.05, 4.69) is 10.6 Å². The van der Waals surface area contributed by atoms with Gasteiger partial charge in [0.2, 0.25) is 0 Å². The number of nitrogens with one attached hydrogen (secondary N) is 2. The molecule has 0 spiro atoms. The van der Waals surface area contributed by atoms with E-state index < -0.39 is 17.8 Å². The van der Waals surface area contributed by atoms with Crippen molar-refractivity contribution in [1.82, 2.24) is 5.32 Å². The van der Waals surface area contributed by atoms with Crippen LogP contribution in [0, 0.1) is 5.82 Å². The number of urea groups is 1. The van der Waals surface area contributed by atoms with Crippen molar-refractivity contribution in [3.05, 3.63) is 29.6 Å². The van der Waals surface area contributed by atoms with Crippen LogP contribution in [0.3, 0.4) is 0 Å². The van der Waals surface area contributed by atoms with Crippen LogP contribution in [-0.4, -0.2) is 18.0 Å². The van der Waals surface area contributed by atoms with Crippen molar-refractivity contribution in [2.75, 3.05) is 5.32 Å². The number of carbonyl (C=O) groups excluding carboxylic acids is 2. The molecule has 0 heterocycles. The lowest BCUT2D eigenvalue weighted by Gasteiger charge is -2.14. The van der Waals surface area contributed by atoms with Crippen molar-refractivity contribution >= 4 is 17.6 Å². The highest BCUT2D eigenvalue weighted by atomic mass is 19.1. The second-order valence-corrected chi connectivity index (χ2v) is 4.35. The topological polar surface area (TPSA) is 84.2 Å². The Balaban J connectivity index is 2.69. The number of rotatable bonds is 5. The first-order chi connectivity index (χ1) is 8.93. The molecule has 0 aliphatic rings. The molecule has 4 N–H and O–H groups in total. The van der Waals surface area contributed by atoms with Gasteiger partial charge >= 0.3 is 6.03 Å². The Morgan fingerprint density at radius 3 is 2.68 bits per heavy atom. The Morgan fingerprint density at radius 1 is 1.42 bits per heavy atom. The predicted octanol–water partition coefficient (Wildman–Crippen LogP) is 2.23. The van der Waals surface area contributed by atoms with E-state index >= 15 is 0 Å². The van der Waals surface area contributed by atoms with Gasteiger partial charge in [-0.1, -0.05) is 13.3 Å². The molecule has 0 bridgehead atoms. The van der Waals surface area contributed by atoms with E-state index in [1.165, 1.54) is 12.1 Å². The molecular weight excluding hydrogens is 249 g/mol. The molecule has 0 saturated heterocycles. The number of hydrogen-bond acceptors (Lipinski definition) is 2. The van der Waals surface area contributed by atoms with Crippen LogP contribution in [0.1, 0.15) is 37.0 Å². The Hall–Kier alpha value is -2.11. The van der Waals surface area contributed by atoms with Crippen molar-refractivity contribution in [2.24, 2.45) is 5.73 Å². The zero-order chi connectivity index (χ0) is 14.4. The Bertz CT molecular complexity index is 477. The summed E-state index contributed by atoms with van der Waals surface area (Å²) in [5.41, 5.74) is 5.09. The fraction of sp³-hybridized carbons (Fsp3) is 0.385. The van der Waals surface area contributed by atoms with Crippen molar-refractivity contribution in [3.63, 3.8) is 0 Å². The van der Waals surface area contributed by atoms with Gasteiger partial charge in [-0.25, -0.2) is 9.18 Å². The summed E-state index contributed by atoms with van der Waals surface area (Å²) in [5.74, 6) is -1.58. The SMILES string of the molecule is CCCC(C)NC(=O)Nc1ccc(F)c(C(N)=O)c1. The molecule has 1 aromatic rings. The largest absolute Gasteiger partial charge is 0.366 e. The number of nitrogens with two attached hydrogens (primary N) is 1. The molecule has 1 aromatic carbocycles. The maximum absolute atomic E-state index is 13.2. The fourth-order valence-corrected chi connectivity index (χ4v) is 1.69. The van der Waals surface area contributed by atoms with Crippen molar-refractivity contribution in [2.45, 2.75) is 32.7 Å². The number of amides is 3. The standard InChI is InChI=1S/C13H18FN3O2/c1-3-4-8(2)16-13(19)17-9-5-6-11(14)10(7-9)12(15)18/h5-8H,3-4H2,1-2H3,(H2,15,18)(H2,16,17,19). The smallest absolute Gasteiger partial charge is 0.319 e. The molecule has 1 rings (SSSR count). The van der Waals surface area contributed by atoms with Crippen LogP contribution in [0.15, 0.2) is 18.2 Å². The van der Waals surface area contributed by atoms with Crippen LogP contribution >= 0.6 is 0 Å². The number of primary amides is 1. The molecule has 0 aliphatic carbocycles. The molecule has 19 heavy (non-hydrogen) atoms. The summed E-state index contributed by atoms with van der Waals surface area (Å²) in [6.45, 7) is 3.91. The molecule has 1 atom stereocenters. The highest BCUT2D eigenvalue weighted by molar-refractivity contribution is 5.96. The normalized spacial score (nSPS) is 11.7. The van der Waals surface area contributed by atoms with Gasteiger partial charge in [-0.2, -0.15) is 0 Å². The van der Waals surface area contributed by atoms with Gasteiger partial charge in [0.1, 0.15) is 5.82 Å². The maximum Gasteiger partial charge on any atom is 0.319 e. The van der Waals surface area contributed by atoms with E-state index in [-0.39, 0.29) is 11.6 Å². The monoisotopic (exact) mass is 267 g/mol. The van der Waals surface area contributed by atoms with Gasteiger partial charge in [-0.15, -0.1) is 0 Å². The predicted molar refractivity (Wildman–Crippen MR) is 71.4 cm³/mol. The second kappa shape index (κ2) is 6.72. The first-order valence-corrected chi connectivity index (χ1v) is 6.11. The molecular formula is C13H18FN3O2. The van der Waals surface area contributed by atoms with Gasteiger partial charge in [-0.05, 0) is 31.5 Å². The van der Waals surface area contributed by atoms with Crippen LogP contribution in [0.2, 0.25) is 0 Å². The molecule has 0 aromatic heterocycles. The third-order valence-corrected chi connectivity index (χ3v) is 2.59. The second-order valence-electron chi connectivity index (χ2n) is 4.35. The lowest BCUT2D eigenvalue weighted by Crippen LogP contribution is -2.36. The summed E-state index contributed by atoms with van der Waals surface area (Å²) in [5, 5.41) is 5.26. The van der Waals surface area contributed by atoms with Crippen molar-refractivity contribution in [3.8, 4) is 0 Å². The Kier molecular flexibility index (Phi) is 5.29. The minimum absolute atomic E-state index is 0.0426. The third kappa shape index (κ3) is 4.57. The quantitative estimate of drug-likeness (QED) is 0.764. The molecule has 0 aliphatic heterocycles. The highest BCUT2D eigenvalue weighted by Crippen LogP contribution is 2.14. The van der Waals surface area contributed by atoms with Gasteiger partial charge in [0, 0.05) is 11.7 Å². The van der Waals surface area contributed by atoms with E-state index in [4.69, 9.17) is 5.73 Å². The molecule has 0 saturated carbocycles. The molecule has 1 unspecified atom stereocenters. The minimum atomic E-state index is -0.874. The van der Waals surface area contributed by atoms with E-state index in [0.717, 1.165) is 18.9 Å². The minimum Gasteiger partial charge on any atom is -0.366 e. The van der Waals surface area contributed by atoms with Gasteiger partial charge < -0.3 is 16.4 Å². The molecule has 104 valence electrons. The molecule has 0 radical (unpaired) electrons. The zero-order valence-electron chi connectivity index (χ0n) is 11.0. The average molecular weight is 267 g/mol. The summed E-state index contributed by atoms with van der Waals surface area (Å²) in [4.78, 5) is 22.6. The number of hydrogen-bond donors (Lipinski definition) is 3. The van der Waals surface area contributed by atoms with Crippen LogP contribution in [0.4, 0.5) is 14.9 Å². The summed E-state index contributed by atoms with van der Waals surface area (Å²) in [6.07, 6.45) is 1.83. The molecule has 3 amide bonds. The van der Waals surface area contributed by atoms with E-state index in [0.29, 0.717) is 5.69 Å². The van der Waals surface area contributed by atoms with Crippen LogP contribution in [0.5, 0.6) is 0 Å². The van der Waals surface area contributed by atoms with E-state index in [9.17, 15) is 14.0 Å². The van der Waals surface area contributed by atoms with Gasteiger partial charge in [-0.3, -0.25) is 4.79 Å². The van der Waals surface area contributed by atoms with Crippen molar-refractivity contribution in [1.29, 1.82) is 0 Å². The zero-order valence-corrected chi connectivity index (χ0v) is 11.0. The van der Waals surface area contributed by atoms with Gasteiger partial charge in [0.25, 0.3) is 5.91 Å². The van der Waals surface area contributed by atoms with Crippen molar-refractivity contribution < 1.29 is 14.0 Å². The average Bonchev–Trinajstić information content (AvgIpc) is 2.31. The molecule has 0 fully saturated rings. The third-order valence-electron chi connectivity index (χ3n) is 2.59. The number of halogens is 1. The number of benzene rings is 1. The van der Waals surface area contributed by atoms with E-state index in [1.54, 1.807) is 0 Å². The van der Waals surface area contributed by atoms with Gasteiger partial charge in [0.05, 0.1) is 5.56 Å². The maximum atomic E-state index is 13.2. The van der Waals surface area contributed by atoms with E-state index in [1.807, 2.05) is 13.8 Å².